The Balaban J connectivity index is 1.72. The van der Waals surface area contributed by atoms with Gasteiger partial charge in [-0.25, -0.2) is 9.18 Å². The van der Waals surface area contributed by atoms with Crippen molar-refractivity contribution in [1.29, 1.82) is 0 Å². The van der Waals surface area contributed by atoms with E-state index in [4.69, 9.17) is 19.3 Å². The van der Waals surface area contributed by atoms with E-state index in [9.17, 15) is 9.18 Å². The fourth-order valence-electron chi connectivity index (χ4n) is 3.72. The van der Waals surface area contributed by atoms with Crippen molar-refractivity contribution >= 4 is 5.97 Å². The minimum absolute atomic E-state index is 0.0537. The second-order valence-electron chi connectivity index (χ2n) is 7.63. The number of benzene rings is 3. The summed E-state index contributed by atoms with van der Waals surface area (Å²) in [5.74, 6) is -0.975. The van der Waals surface area contributed by atoms with Crippen molar-refractivity contribution in [3.63, 3.8) is 0 Å². The smallest absolute Gasteiger partial charge is 0.341 e. The largest absolute Gasteiger partial charge is 0.479 e. The van der Waals surface area contributed by atoms with Gasteiger partial charge >= 0.3 is 5.97 Å². The van der Waals surface area contributed by atoms with Crippen molar-refractivity contribution < 1.29 is 28.5 Å². The van der Waals surface area contributed by atoms with E-state index in [1.54, 1.807) is 13.2 Å². The topological polar surface area (TPSA) is 65.0 Å². The van der Waals surface area contributed by atoms with Crippen LogP contribution in [0.3, 0.4) is 0 Å². The number of carboxylic acids is 1. The number of carboxylic acid groups (broad SMARTS) is 1. The van der Waals surface area contributed by atoms with Crippen LogP contribution in [-0.4, -0.2) is 31.6 Å². The summed E-state index contributed by atoms with van der Waals surface area (Å²) in [6, 6.07) is 17.0. The first kappa shape index (κ1) is 23.3. The van der Waals surface area contributed by atoms with Crippen molar-refractivity contribution in [2.75, 3.05) is 20.5 Å². The molecule has 0 radical (unpaired) electrons. The van der Waals surface area contributed by atoms with Gasteiger partial charge in [0, 0.05) is 7.11 Å². The molecule has 1 N–H and O–H groups in total. The number of aliphatic carboxylic acids is 1. The van der Waals surface area contributed by atoms with Crippen LogP contribution in [0.15, 0.2) is 54.6 Å². The van der Waals surface area contributed by atoms with E-state index >= 15 is 0 Å². The van der Waals surface area contributed by atoms with Crippen LogP contribution in [0, 0.1) is 19.7 Å². The number of ether oxygens (including phenoxy) is 3. The summed E-state index contributed by atoms with van der Waals surface area (Å²) < 4.78 is 29.7. The van der Waals surface area contributed by atoms with E-state index in [-0.39, 0.29) is 12.5 Å². The van der Waals surface area contributed by atoms with E-state index in [2.05, 4.69) is 32.0 Å². The van der Waals surface area contributed by atoms with Crippen LogP contribution < -0.4 is 9.47 Å². The zero-order chi connectivity index (χ0) is 23.1. The normalized spacial score (nSPS) is 10.8. The number of hydrogen-bond donors (Lipinski definition) is 1. The van der Waals surface area contributed by atoms with Crippen LogP contribution in [0.5, 0.6) is 11.5 Å². The molecular formula is C26H27FO5. The Bertz CT molecular complexity index is 1070. The van der Waals surface area contributed by atoms with E-state index in [0.717, 1.165) is 40.0 Å². The molecule has 3 aromatic rings. The molecule has 3 rings (SSSR count). The van der Waals surface area contributed by atoms with E-state index in [1.807, 2.05) is 18.2 Å². The van der Waals surface area contributed by atoms with Gasteiger partial charge in [-0.15, -0.1) is 0 Å². The van der Waals surface area contributed by atoms with Crippen molar-refractivity contribution in [1.82, 2.24) is 0 Å². The molecule has 0 unspecified atom stereocenters. The van der Waals surface area contributed by atoms with Crippen LogP contribution in [-0.2, 0) is 22.4 Å². The first-order chi connectivity index (χ1) is 15.4. The summed E-state index contributed by atoms with van der Waals surface area (Å²) in [6.45, 7) is 3.76. The molecule has 0 fully saturated rings. The van der Waals surface area contributed by atoms with Crippen LogP contribution in [0.1, 0.15) is 22.3 Å². The summed E-state index contributed by atoms with van der Waals surface area (Å²) in [7, 11) is 1.59. The lowest BCUT2D eigenvalue weighted by Gasteiger charge is -2.14. The Morgan fingerprint density at radius 1 is 0.938 bits per heavy atom. The molecule has 0 bridgehead atoms. The third kappa shape index (κ3) is 6.08. The molecule has 168 valence electrons. The lowest BCUT2D eigenvalue weighted by atomic mass is 9.93. The summed E-state index contributed by atoms with van der Waals surface area (Å²) in [5, 5.41) is 8.66. The SMILES string of the molecule is COCOc1cc(C)c(-c2cccc(CCc3ccc(OCC(=O)O)c(F)c3)c2)c(C)c1. The number of hydrogen-bond acceptors (Lipinski definition) is 4. The predicted molar refractivity (Wildman–Crippen MR) is 121 cm³/mol. The third-order valence-electron chi connectivity index (χ3n) is 5.12. The van der Waals surface area contributed by atoms with Crippen molar-refractivity contribution in [3.8, 4) is 22.6 Å². The highest BCUT2D eigenvalue weighted by atomic mass is 19.1. The molecule has 3 aromatic carbocycles. The predicted octanol–water partition coefficient (Wildman–Crippen LogP) is 5.34. The zero-order valence-electron chi connectivity index (χ0n) is 18.5. The number of aryl methyl sites for hydroxylation is 4. The Kier molecular flexibility index (Phi) is 7.84. The average molecular weight is 438 g/mol. The summed E-state index contributed by atoms with van der Waals surface area (Å²) in [6.07, 6.45) is 1.40. The molecule has 0 amide bonds. The van der Waals surface area contributed by atoms with Gasteiger partial charge < -0.3 is 19.3 Å². The summed E-state index contributed by atoms with van der Waals surface area (Å²) in [4.78, 5) is 10.6. The second kappa shape index (κ2) is 10.8. The molecule has 0 aromatic heterocycles. The number of halogens is 1. The lowest BCUT2D eigenvalue weighted by molar-refractivity contribution is -0.139. The van der Waals surface area contributed by atoms with Gasteiger partial charge in [-0.1, -0.05) is 30.3 Å². The van der Waals surface area contributed by atoms with Gasteiger partial charge in [-0.3, -0.25) is 0 Å². The fraction of sp³-hybridized carbons (Fsp3) is 0.269. The van der Waals surface area contributed by atoms with Gasteiger partial charge in [0.1, 0.15) is 5.75 Å². The maximum absolute atomic E-state index is 14.2. The van der Waals surface area contributed by atoms with Crippen molar-refractivity contribution in [3.05, 3.63) is 82.7 Å². The highest BCUT2D eigenvalue weighted by molar-refractivity contribution is 5.72. The van der Waals surface area contributed by atoms with Crippen molar-refractivity contribution in [2.45, 2.75) is 26.7 Å². The molecule has 0 atom stereocenters. The molecule has 32 heavy (non-hydrogen) atoms. The molecule has 0 saturated carbocycles. The van der Waals surface area contributed by atoms with E-state index in [0.29, 0.717) is 6.42 Å². The average Bonchev–Trinajstić information content (AvgIpc) is 2.75. The minimum atomic E-state index is -1.14. The maximum atomic E-state index is 14.2. The molecule has 6 heteroatoms. The molecule has 5 nitrogen and oxygen atoms in total. The fourth-order valence-corrected chi connectivity index (χ4v) is 3.72. The molecular weight excluding hydrogens is 411 g/mol. The Morgan fingerprint density at radius 3 is 2.25 bits per heavy atom. The Hall–Kier alpha value is -3.38. The summed E-state index contributed by atoms with van der Waals surface area (Å²) in [5.41, 5.74) is 6.50. The van der Waals surface area contributed by atoms with Gasteiger partial charge in [0.2, 0.25) is 0 Å². The Labute approximate surface area is 187 Å². The third-order valence-corrected chi connectivity index (χ3v) is 5.12. The standard InChI is InChI=1S/C26H27FO5/c1-17-11-22(32-16-30-3)12-18(2)26(17)21-6-4-5-19(13-21)7-8-20-9-10-24(23(27)14-20)31-15-25(28)29/h4-6,9-14H,7-8,15-16H2,1-3H3,(H,28,29). The number of methoxy groups -OCH3 is 1. The zero-order valence-corrected chi connectivity index (χ0v) is 18.5. The van der Waals surface area contributed by atoms with Gasteiger partial charge in [0.15, 0.2) is 25.0 Å². The molecule has 0 aliphatic rings. The Morgan fingerprint density at radius 2 is 1.62 bits per heavy atom. The monoisotopic (exact) mass is 438 g/mol. The first-order valence-corrected chi connectivity index (χ1v) is 10.3. The molecule has 0 saturated heterocycles. The molecule has 0 aliphatic carbocycles. The van der Waals surface area contributed by atoms with Gasteiger partial charge in [0.05, 0.1) is 0 Å². The molecule has 0 heterocycles. The van der Waals surface area contributed by atoms with Crippen LogP contribution >= 0.6 is 0 Å². The van der Waals surface area contributed by atoms with Gasteiger partial charge in [-0.05, 0) is 84.3 Å². The van der Waals surface area contributed by atoms with E-state index in [1.165, 1.54) is 17.7 Å². The van der Waals surface area contributed by atoms with Crippen LogP contribution in [0.2, 0.25) is 0 Å². The maximum Gasteiger partial charge on any atom is 0.341 e. The summed E-state index contributed by atoms with van der Waals surface area (Å²) >= 11 is 0. The van der Waals surface area contributed by atoms with Crippen LogP contribution in [0.25, 0.3) is 11.1 Å². The quantitative estimate of drug-likeness (QED) is 0.433. The highest BCUT2D eigenvalue weighted by Gasteiger charge is 2.10. The molecule has 0 spiro atoms. The van der Waals surface area contributed by atoms with Crippen molar-refractivity contribution in [2.24, 2.45) is 0 Å². The molecule has 0 aliphatic heterocycles. The minimum Gasteiger partial charge on any atom is -0.479 e. The number of carbonyl (C=O) groups is 1. The highest BCUT2D eigenvalue weighted by Crippen LogP contribution is 2.32. The van der Waals surface area contributed by atoms with Gasteiger partial charge in [-0.2, -0.15) is 0 Å². The first-order valence-electron chi connectivity index (χ1n) is 10.3. The van der Waals surface area contributed by atoms with Crippen LogP contribution in [0.4, 0.5) is 4.39 Å². The second-order valence-corrected chi connectivity index (χ2v) is 7.63. The lowest BCUT2D eigenvalue weighted by Crippen LogP contribution is -2.10. The van der Waals surface area contributed by atoms with E-state index < -0.39 is 18.4 Å². The number of rotatable bonds is 10. The van der Waals surface area contributed by atoms with Gasteiger partial charge in [0.25, 0.3) is 0 Å².